The average molecular weight is 450 g/mol. The fraction of sp³-hybridized carbons (Fsp3) is 0.200. The fourth-order valence-corrected chi connectivity index (χ4v) is 3.10. The second-order valence-electron chi connectivity index (χ2n) is 5.68. The van der Waals surface area contributed by atoms with Crippen molar-refractivity contribution < 1.29 is 21.9 Å². The second kappa shape index (κ2) is 10.9. The standard InChI is InChI=1S/C20H20BrN3O2.ClH/c1-25-19-10-16(12-23-13-17-6-2-3-8-24-17)9-18(21)20(19)26-14-15-5-4-7-22-11-15;/h2-11,23H,12-14H2,1H3;1H/p-1. The van der Waals surface area contributed by atoms with Crippen molar-refractivity contribution in [3.05, 3.63) is 82.3 Å². The third-order valence-electron chi connectivity index (χ3n) is 3.76. The number of halogens is 2. The van der Waals surface area contributed by atoms with Gasteiger partial charge in [0.15, 0.2) is 11.5 Å². The maximum absolute atomic E-state index is 5.93. The van der Waals surface area contributed by atoms with Gasteiger partial charge in [-0.1, -0.05) is 12.1 Å². The molecule has 7 heteroatoms. The van der Waals surface area contributed by atoms with Gasteiger partial charge in [0.2, 0.25) is 0 Å². The molecule has 3 aromatic rings. The number of methoxy groups -OCH3 is 1. The molecule has 0 saturated heterocycles. The van der Waals surface area contributed by atoms with Gasteiger partial charge in [-0.05, 0) is 51.8 Å². The highest BCUT2D eigenvalue weighted by atomic mass is 79.9. The first-order valence-electron chi connectivity index (χ1n) is 8.25. The minimum absolute atomic E-state index is 0. The molecule has 1 N–H and O–H groups in total. The van der Waals surface area contributed by atoms with Crippen molar-refractivity contribution in [2.45, 2.75) is 19.7 Å². The maximum atomic E-state index is 5.93. The molecular formula is C20H20BrClN3O2-. The molecule has 142 valence electrons. The van der Waals surface area contributed by atoms with Gasteiger partial charge in [-0.3, -0.25) is 9.97 Å². The van der Waals surface area contributed by atoms with Crippen LogP contribution in [0.15, 0.2) is 65.5 Å². The minimum atomic E-state index is 0. The summed E-state index contributed by atoms with van der Waals surface area (Å²) in [6.07, 6.45) is 5.33. The Morgan fingerprint density at radius 2 is 1.93 bits per heavy atom. The van der Waals surface area contributed by atoms with E-state index in [1.807, 2.05) is 42.5 Å². The highest BCUT2D eigenvalue weighted by Gasteiger charge is 2.12. The van der Waals surface area contributed by atoms with Crippen LogP contribution in [0.25, 0.3) is 0 Å². The molecule has 0 radical (unpaired) electrons. The summed E-state index contributed by atoms with van der Waals surface area (Å²) in [5.41, 5.74) is 3.11. The molecule has 5 nitrogen and oxygen atoms in total. The third-order valence-corrected chi connectivity index (χ3v) is 4.35. The van der Waals surface area contributed by atoms with E-state index in [4.69, 9.17) is 9.47 Å². The molecule has 0 saturated carbocycles. The third kappa shape index (κ3) is 6.20. The lowest BCUT2D eigenvalue weighted by Gasteiger charge is -2.15. The van der Waals surface area contributed by atoms with Gasteiger partial charge in [-0.25, -0.2) is 0 Å². The van der Waals surface area contributed by atoms with Gasteiger partial charge in [-0.2, -0.15) is 0 Å². The zero-order valence-corrected chi connectivity index (χ0v) is 17.2. The molecule has 3 rings (SSSR count). The van der Waals surface area contributed by atoms with Crippen molar-refractivity contribution in [1.29, 1.82) is 0 Å². The van der Waals surface area contributed by atoms with Gasteiger partial charge < -0.3 is 27.2 Å². The number of pyridine rings is 2. The molecule has 0 amide bonds. The summed E-state index contributed by atoms with van der Waals surface area (Å²) in [6, 6.07) is 13.8. The first-order chi connectivity index (χ1) is 12.8. The van der Waals surface area contributed by atoms with Crippen LogP contribution >= 0.6 is 15.9 Å². The van der Waals surface area contributed by atoms with E-state index in [2.05, 4.69) is 31.2 Å². The summed E-state index contributed by atoms with van der Waals surface area (Å²) < 4.78 is 12.3. The van der Waals surface area contributed by atoms with Crippen LogP contribution in [0.4, 0.5) is 0 Å². The number of ether oxygens (including phenoxy) is 2. The number of rotatable bonds is 8. The van der Waals surface area contributed by atoms with E-state index in [1.54, 1.807) is 25.7 Å². The van der Waals surface area contributed by atoms with Crippen LogP contribution in [0.2, 0.25) is 0 Å². The van der Waals surface area contributed by atoms with E-state index in [-0.39, 0.29) is 12.4 Å². The molecule has 0 spiro atoms. The molecule has 1 aromatic carbocycles. The fourth-order valence-electron chi connectivity index (χ4n) is 2.49. The number of benzene rings is 1. The molecule has 0 unspecified atom stereocenters. The zero-order chi connectivity index (χ0) is 18.2. The van der Waals surface area contributed by atoms with Crippen molar-refractivity contribution in [3.63, 3.8) is 0 Å². The van der Waals surface area contributed by atoms with Crippen LogP contribution < -0.4 is 27.2 Å². The maximum Gasteiger partial charge on any atom is 0.175 e. The molecule has 2 heterocycles. The lowest BCUT2D eigenvalue weighted by Crippen LogP contribution is -3.00. The van der Waals surface area contributed by atoms with Gasteiger partial charge in [0, 0.05) is 37.2 Å². The highest BCUT2D eigenvalue weighted by molar-refractivity contribution is 9.10. The Balaban J connectivity index is 0.00000261. The molecule has 2 aromatic heterocycles. The highest BCUT2D eigenvalue weighted by Crippen LogP contribution is 2.37. The van der Waals surface area contributed by atoms with Gasteiger partial charge in [0.05, 0.1) is 17.3 Å². The van der Waals surface area contributed by atoms with E-state index >= 15 is 0 Å². The molecule has 0 aliphatic carbocycles. The van der Waals surface area contributed by atoms with Gasteiger partial charge >= 0.3 is 0 Å². The summed E-state index contributed by atoms with van der Waals surface area (Å²) in [5.74, 6) is 1.38. The van der Waals surface area contributed by atoms with Crippen LogP contribution in [-0.2, 0) is 19.7 Å². The Bertz CT molecular complexity index is 835. The molecular weight excluding hydrogens is 430 g/mol. The van der Waals surface area contributed by atoms with Crippen LogP contribution in [0.1, 0.15) is 16.8 Å². The minimum Gasteiger partial charge on any atom is -1.00 e. The van der Waals surface area contributed by atoms with Crippen LogP contribution in [0, 0.1) is 0 Å². The van der Waals surface area contributed by atoms with E-state index in [1.165, 1.54) is 0 Å². The zero-order valence-electron chi connectivity index (χ0n) is 14.9. The molecule has 27 heavy (non-hydrogen) atoms. The van der Waals surface area contributed by atoms with E-state index in [0.717, 1.165) is 21.3 Å². The van der Waals surface area contributed by atoms with Crippen molar-refractivity contribution >= 4 is 15.9 Å². The van der Waals surface area contributed by atoms with E-state index in [9.17, 15) is 0 Å². The van der Waals surface area contributed by atoms with Crippen LogP contribution in [0.3, 0.4) is 0 Å². The Labute approximate surface area is 173 Å². The van der Waals surface area contributed by atoms with Crippen molar-refractivity contribution in [3.8, 4) is 11.5 Å². The Kier molecular flexibility index (Phi) is 8.51. The first kappa shape index (κ1) is 21.2. The van der Waals surface area contributed by atoms with Crippen LogP contribution in [-0.4, -0.2) is 17.1 Å². The van der Waals surface area contributed by atoms with Gasteiger partial charge in [0.1, 0.15) is 6.61 Å². The summed E-state index contributed by atoms with van der Waals surface area (Å²) in [7, 11) is 1.64. The Morgan fingerprint density at radius 3 is 2.63 bits per heavy atom. The Hall–Kier alpha value is -2.15. The van der Waals surface area contributed by atoms with Crippen LogP contribution in [0.5, 0.6) is 11.5 Å². The Morgan fingerprint density at radius 1 is 1.04 bits per heavy atom. The number of hydrogen-bond acceptors (Lipinski definition) is 5. The first-order valence-corrected chi connectivity index (χ1v) is 9.04. The molecule has 0 aliphatic heterocycles. The summed E-state index contributed by atoms with van der Waals surface area (Å²) in [5, 5.41) is 3.39. The van der Waals surface area contributed by atoms with E-state index < -0.39 is 0 Å². The monoisotopic (exact) mass is 448 g/mol. The predicted molar refractivity (Wildman–Crippen MR) is 104 cm³/mol. The lowest BCUT2D eigenvalue weighted by atomic mass is 10.2. The van der Waals surface area contributed by atoms with E-state index in [0.29, 0.717) is 31.2 Å². The quantitative estimate of drug-likeness (QED) is 0.559. The normalized spacial score (nSPS) is 10.1. The average Bonchev–Trinajstić information content (AvgIpc) is 2.68. The summed E-state index contributed by atoms with van der Waals surface area (Å²) in [6.45, 7) is 1.84. The summed E-state index contributed by atoms with van der Waals surface area (Å²) >= 11 is 3.59. The largest absolute Gasteiger partial charge is 1.00 e. The number of nitrogens with one attached hydrogen (secondary N) is 1. The topological polar surface area (TPSA) is 56.3 Å². The lowest BCUT2D eigenvalue weighted by molar-refractivity contribution is -0.00000586. The molecule has 0 bridgehead atoms. The molecule has 0 fully saturated rings. The predicted octanol–water partition coefficient (Wildman–Crippen LogP) is 1.12. The van der Waals surface area contributed by atoms with Crippen molar-refractivity contribution in [2.75, 3.05) is 7.11 Å². The van der Waals surface area contributed by atoms with Gasteiger partial charge in [-0.15, -0.1) is 0 Å². The second-order valence-corrected chi connectivity index (χ2v) is 6.54. The molecule has 0 aliphatic rings. The number of hydrogen-bond donors (Lipinski definition) is 1. The smallest absolute Gasteiger partial charge is 0.175 e. The van der Waals surface area contributed by atoms with Crippen molar-refractivity contribution in [1.82, 2.24) is 15.3 Å². The SMILES string of the molecule is COc1cc(CNCc2ccccn2)cc(Br)c1OCc1cccnc1.[Cl-]. The number of nitrogens with zero attached hydrogens (tertiary/aromatic N) is 2. The molecule has 0 atom stereocenters. The summed E-state index contributed by atoms with van der Waals surface area (Å²) in [4.78, 5) is 8.41. The van der Waals surface area contributed by atoms with Crippen molar-refractivity contribution in [2.24, 2.45) is 0 Å². The van der Waals surface area contributed by atoms with Gasteiger partial charge in [0.25, 0.3) is 0 Å². The number of aromatic nitrogens is 2.